The Bertz CT molecular complexity index is 1100. The molecule has 0 spiro atoms. The second-order valence-corrected chi connectivity index (χ2v) is 11.4. The predicted octanol–water partition coefficient (Wildman–Crippen LogP) is 7.18. The van der Waals surface area contributed by atoms with E-state index in [1.165, 1.54) is 11.9 Å². The lowest BCUT2D eigenvalue weighted by Gasteiger charge is -2.28. The third kappa shape index (κ3) is 12.6. The molecule has 0 saturated carbocycles. The van der Waals surface area contributed by atoms with E-state index in [1.54, 1.807) is 14.2 Å². The van der Waals surface area contributed by atoms with Gasteiger partial charge in [-0.25, -0.2) is 0 Å². The molecule has 0 fully saturated rings. The molecule has 8 nitrogen and oxygen atoms in total. The molecule has 0 radical (unpaired) electrons. The number of anilines is 1. The van der Waals surface area contributed by atoms with E-state index in [9.17, 15) is 0 Å². The molecule has 1 aliphatic rings. The minimum Gasteiger partial charge on any atom is -0.497 e. The largest absolute Gasteiger partial charge is 0.497 e. The number of nitrogens with zero attached hydrogens (tertiary/aromatic N) is 3. The van der Waals surface area contributed by atoms with Crippen LogP contribution in [0, 0.1) is 5.41 Å². The van der Waals surface area contributed by atoms with E-state index in [-0.39, 0.29) is 5.41 Å². The lowest BCUT2D eigenvalue weighted by atomic mass is 9.90. The molecule has 1 N–H and O–H groups in total. The highest BCUT2D eigenvalue weighted by Crippen LogP contribution is 2.29. The Morgan fingerprint density at radius 2 is 1.95 bits per heavy atom. The van der Waals surface area contributed by atoms with Crippen LogP contribution in [-0.4, -0.2) is 85.2 Å². The van der Waals surface area contributed by atoms with Crippen molar-refractivity contribution in [3.05, 3.63) is 58.0 Å². The van der Waals surface area contributed by atoms with Gasteiger partial charge in [-0.15, -0.1) is 0 Å². The van der Waals surface area contributed by atoms with Crippen LogP contribution in [0.4, 0.5) is 5.69 Å². The molecule has 234 valence electrons. The molecule has 1 aromatic carbocycles. The van der Waals surface area contributed by atoms with Crippen molar-refractivity contribution in [2.24, 2.45) is 15.4 Å². The molecule has 0 saturated heterocycles. The van der Waals surface area contributed by atoms with Gasteiger partial charge in [-0.05, 0) is 73.8 Å². The quantitative estimate of drug-likeness (QED) is 0.0968. The van der Waals surface area contributed by atoms with Gasteiger partial charge >= 0.3 is 0 Å². The van der Waals surface area contributed by atoms with E-state index >= 15 is 0 Å². The summed E-state index contributed by atoms with van der Waals surface area (Å²) in [6.07, 6.45) is 10.1. The molecule has 9 heteroatoms. The molecule has 0 amide bonds. The fourth-order valence-electron chi connectivity index (χ4n) is 4.78. The summed E-state index contributed by atoms with van der Waals surface area (Å²) >= 11 is 6.33. The second kappa shape index (κ2) is 19.4. The first-order chi connectivity index (χ1) is 20.3. The summed E-state index contributed by atoms with van der Waals surface area (Å²) in [7, 11) is 5.32. The lowest BCUT2D eigenvalue weighted by Crippen LogP contribution is -2.31. The fraction of sp³-hybridized carbons (Fsp3) is 0.576. The number of ether oxygens (including phenoxy) is 4. The van der Waals surface area contributed by atoms with E-state index in [0.717, 1.165) is 86.9 Å². The summed E-state index contributed by atoms with van der Waals surface area (Å²) in [6.45, 7) is 15.6. The zero-order valence-corrected chi connectivity index (χ0v) is 27.3. The highest BCUT2D eigenvalue weighted by Gasteiger charge is 2.19. The van der Waals surface area contributed by atoms with Gasteiger partial charge in [-0.1, -0.05) is 38.4 Å². The monoisotopic (exact) mass is 602 g/mol. The van der Waals surface area contributed by atoms with Gasteiger partial charge in [0, 0.05) is 39.6 Å². The number of benzene rings is 1. The molecular weight excluding hydrogens is 552 g/mol. The average Bonchev–Trinajstić information content (AvgIpc) is 2.96. The van der Waals surface area contributed by atoms with Crippen molar-refractivity contribution in [1.82, 2.24) is 4.90 Å². The van der Waals surface area contributed by atoms with Gasteiger partial charge in [0.05, 0.1) is 44.2 Å². The highest BCUT2D eigenvalue weighted by molar-refractivity contribution is 6.33. The minimum atomic E-state index is 0.168. The molecule has 0 unspecified atom stereocenters. The zero-order valence-electron chi connectivity index (χ0n) is 26.5. The fourth-order valence-corrected chi connectivity index (χ4v) is 5.05. The molecule has 0 heterocycles. The number of aliphatic imine (C=N–C) groups is 2. The molecule has 0 aromatic heterocycles. The molecule has 42 heavy (non-hydrogen) atoms. The average molecular weight is 603 g/mol. The van der Waals surface area contributed by atoms with Crippen molar-refractivity contribution in [3.8, 4) is 5.75 Å². The van der Waals surface area contributed by atoms with Gasteiger partial charge in [-0.2, -0.15) is 0 Å². The molecule has 0 bridgehead atoms. The van der Waals surface area contributed by atoms with Gasteiger partial charge in [0.1, 0.15) is 17.8 Å². The van der Waals surface area contributed by atoms with Crippen LogP contribution in [0.1, 0.15) is 52.9 Å². The molecule has 0 atom stereocenters. The molecule has 0 aliphatic heterocycles. The predicted molar refractivity (Wildman–Crippen MR) is 176 cm³/mol. The summed E-state index contributed by atoms with van der Waals surface area (Å²) in [6, 6.07) is 5.66. The van der Waals surface area contributed by atoms with Crippen molar-refractivity contribution in [3.63, 3.8) is 0 Å². The van der Waals surface area contributed by atoms with Gasteiger partial charge in [0.15, 0.2) is 5.76 Å². The van der Waals surface area contributed by atoms with E-state index in [2.05, 4.69) is 59.8 Å². The smallest absolute Gasteiger partial charge is 0.157 e. The van der Waals surface area contributed by atoms with Gasteiger partial charge < -0.3 is 29.2 Å². The first kappa shape index (κ1) is 35.4. The second-order valence-electron chi connectivity index (χ2n) is 11.0. The number of nitrogens with one attached hydrogen (secondary N) is 1. The number of halogens is 1. The van der Waals surface area contributed by atoms with Crippen LogP contribution >= 0.6 is 11.6 Å². The normalized spacial score (nSPS) is 17.3. The van der Waals surface area contributed by atoms with Gasteiger partial charge in [0.25, 0.3) is 0 Å². The van der Waals surface area contributed by atoms with Crippen LogP contribution in [0.25, 0.3) is 0 Å². The third-order valence-electron chi connectivity index (χ3n) is 7.24. The SMILES string of the molecule is C=NC=NC/C1=C/C(OCCCN(CC)CCC(C)(C)COC)=C(/OC)CCC=C1CCOc1ccc(NC)c(Cl)c1. The maximum Gasteiger partial charge on any atom is 0.157 e. The van der Waals surface area contributed by atoms with E-state index in [0.29, 0.717) is 24.8 Å². The van der Waals surface area contributed by atoms with E-state index in [1.807, 2.05) is 25.2 Å². The molecular formula is C33H51ClN4O4. The number of rotatable bonds is 20. The summed E-state index contributed by atoms with van der Waals surface area (Å²) in [5.74, 6) is 2.34. The molecule has 1 aromatic rings. The first-order valence-corrected chi connectivity index (χ1v) is 15.2. The van der Waals surface area contributed by atoms with E-state index in [4.69, 9.17) is 30.5 Å². The summed E-state index contributed by atoms with van der Waals surface area (Å²) in [5.41, 5.74) is 3.25. The van der Waals surface area contributed by atoms with Gasteiger partial charge in [-0.3, -0.25) is 9.98 Å². The minimum absolute atomic E-state index is 0.168. The van der Waals surface area contributed by atoms with Crippen LogP contribution in [0.15, 0.2) is 63.0 Å². The van der Waals surface area contributed by atoms with Crippen LogP contribution in [-0.2, 0) is 14.2 Å². The molecule has 2 rings (SSSR count). The van der Waals surface area contributed by atoms with Gasteiger partial charge in [0.2, 0.25) is 0 Å². The Morgan fingerprint density at radius 3 is 2.62 bits per heavy atom. The first-order valence-electron chi connectivity index (χ1n) is 14.8. The maximum atomic E-state index is 6.36. The standard InChI is InChI=1S/C33H51ClN4O4/c1-8-38(18-16-33(2,3)24-39-6)17-10-19-42-32-21-27(23-37-25-35-4)26(11-9-12-31(32)40-7)15-20-41-28-13-14-30(36-5)29(34)22-28/h11,13-14,21-22,25,36H,4,8-10,12,15-20,23-24H2,1-3,5-7H3/b26-11?,27-21-,32-31-,37-25?. The Kier molecular flexibility index (Phi) is 16.3. The summed E-state index contributed by atoms with van der Waals surface area (Å²) in [4.78, 5) is 10.7. The van der Waals surface area contributed by atoms with Crippen LogP contribution < -0.4 is 10.1 Å². The van der Waals surface area contributed by atoms with Crippen molar-refractivity contribution in [2.45, 2.75) is 52.9 Å². The lowest BCUT2D eigenvalue weighted by molar-refractivity contribution is 0.0866. The highest BCUT2D eigenvalue weighted by atomic mass is 35.5. The van der Waals surface area contributed by atoms with Crippen LogP contribution in [0.2, 0.25) is 5.02 Å². The van der Waals surface area contributed by atoms with Crippen molar-refractivity contribution < 1.29 is 18.9 Å². The number of hydrogen-bond acceptors (Lipinski definition) is 7. The summed E-state index contributed by atoms with van der Waals surface area (Å²) < 4.78 is 23.6. The molecule has 1 aliphatic carbocycles. The van der Waals surface area contributed by atoms with Crippen LogP contribution in [0.3, 0.4) is 0 Å². The number of hydrogen-bond donors (Lipinski definition) is 1. The van der Waals surface area contributed by atoms with Crippen molar-refractivity contribution >= 4 is 30.3 Å². The topological polar surface area (TPSA) is 76.9 Å². The Balaban J connectivity index is 2.07. The van der Waals surface area contributed by atoms with E-state index < -0.39 is 0 Å². The van der Waals surface area contributed by atoms with Crippen LogP contribution in [0.5, 0.6) is 5.75 Å². The Morgan fingerprint density at radius 1 is 1.14 bits per heavy atom. The maximum absolute atomic E-state index is 6.36. The Labute approximate surface area is 258 Å². The van der Waals surface area contributed by atoms with Crippen molar-refractivity contribution in [2.75, 3.05) is 72.6 Å². The zero-order chi connectivity index (χ0) is 30.8. The third-order valence-corrected chi connectivity index (χ3v) is 7.55. The van der Waals surface area contributed by atoms with Crippen molar-refractivity contribution in [1.29, 1.82) is 0 Å². The summed E-state index contributed by atoms with van der Waals surface area (Å²) in [5, 5.41) is 3.69. The number of allylic oxidation sites excluding steroid dienone is 3. The Hall–Kier alpha value is -2.81. The number of methoxy groups -OCH3 is 2.